The molecule has 1 atom stereocenters. The minimum atomic E-state index is 0.218. The molecule has 1 aliphatic rings. The van der Waals surface area contributed by atoms with Crippen LogP contribution in [0.25, 0.3) is 0 Å². The van der Waals surface area contributed by atoms with Gasteiger partial charge in [0.2, 0.25) is 5.91 Å². The molecule has 1 heterocycles. The van der Waals surface area contributed by atoms with Gasteiger partial charge in [-0.1, -0.05) is 26.7 Å². The maximum atomic E-state index is 12.0. The van der Waals surface area contributed by atoms with Gasteiger partial charge in [-0.2, -0.15) is 0 Å². The molecule has 0 aromatic carbocycles. The molecule has 2 N–H and O–H groups in total. The Balaban J connectivity index is 2.07. The normalized spacial score (nSPS) is 18.2. The summed E-state index contributed by atoms with van der Waals surface area (Å²) in [5, 5.41) is 3.10. The van der Waals surface area contributed by atoms with Crippen molar-refractivity contribution in [1.82, 2.24) is 5.32 Å². The second-order valence-corrected chi connectivity index (χ2v) is 5.50. The van der Waals surface area contributed by atoms with Crippen molar-refractivity contribution in [1.29, 1.82) is 0 Å². The first-order valence-electron chi connectivity index (χ1n) is 7.97. The van der Waals surface area contributed by atoms with Crippen LogP contribution in [0.15, 0.2) is 0 Å². The molecule has 112 valence electrons. The van der Waals surface area contributed by atoms with E-state index >= 15 is 0 Å². The second-order valence-electron chi connectivity index (χ2n) is 5.50. The van der Waals surface area contributed by atoms with E-state index in [0.717, 1.165) is 65.1 Å². The Morgan fingerprint density at radius 2 is 2.00 bits per heavy atom. The van der Waals surface area contributed by atoms with E-state index in [1.165, 1.54) is 6.42 Å². The fourth-order valence-corrected chi connectivity index (χ4v) is 2.58. The quantitative estimate of drug-likeness (QED) is 0.604. The standard InChI is InChI=1S/C15H30N2O2/c1-3-5-7-14(4-2)15(18)16-8-6-9-17-10-12-19-13-11-17/h14H,3-13H2,1-2H3,(H,16,18)/p+1/t14-/m0/s1. The van der Waals surface area contributed by atoms with Gasteiger partial charge in [-0.15, -0.1) is 0 Å². The van der Waals surface area contributed by atoms with Crippen LogP contribution in [0, 0.1) is 5.92 Å². The zero-order valence-corrected chi connectivity index (χ0v) is 12.7. The van der Waals surface area contributed by atoms with Crippen molar-refractivity contribution < 1.29 is 14.4 Å². The number of rotatable bonds is 9. The maximum Gasteiger partial charge on any atom is 0.223 e. The van der Waals surface area contributed by atoms with E-state index in [2.05, 4.69) is 19.2 Å². The molecule has 1 aliphatic heterocycles. The second kappa shape index (κ2) is 10.2. The van der Waals surface area contributed by atoms with Crippen molar-refractivity contribution in [3.63, 3.8) is 0 Å². The predicted octanol–water partition coefficient (Wildman–Crippen LogP) is 0.624. The number of ether oxygens (including phenoxy) is 1. The Hall–Kier alpha value is -0.610. The molecule has 1 saturated heterocycles. The number of hydrogen-bond donors (Lipinski definition) is 2. The van der Waals surface area contributed by atoms with Crippen molar-refractivity contribution in [2.45, 2.75) is 46.0 Å². The van der Waals surface area contributed by atoms with Crippen molar-refractivity contribution >= 4 is 5.91 Å². The molecule has 4 heteroatoms. The lowest BCUT2D eigenvalue weighted by Crippen LogP contribution is -3.14. The van der Waals surface area contributed by atoms with E-state index in [4.69, 9.17) is 4.74 Å². The van der Waals surface area contributed by atoms with E-state index < -0.39 is 0 Å². The van der Waals surface area contributed by atoms with Gasteiger partial charge in [0.1, 0.15) is 13.1 Å². The minimum Gasteiger partial charge on any atom is -0.370 e. The van der Waals surface area contributed by atoms with Crippen LogP contribution in [0.2, 0.25) is 0 Å². The van der Waals surface area contributed by atoms with Crippen LogP contribution in [0.3, 0.4) is 0 Å². The molecule has 1 fully saturated rings. The Bertz CT molecular complexity index is 240. The molecule has 4 nitrogen and oxygen atoms in total. The molecule has 0 aromatic heterocycles. The summed E-state index contributed by atoms with van der Waals surface area (Å²) < 4.78 is 5.34. The first-order valence-corrected chi connectivity index (χ1v) is 7.97. The summed E-state index contributed by atoms with van der Waals surface area (Å²) in [6.45, 7) is 10.3. The molecule has 0 bridgehead atoms. The van der Waals surface area contributed by atoms with Gasteiger partial charge in [-0.05, 0) is 12.8 Å². The first kappa shape index (κ1) is 16.4. The van der Waals surface area contributed by atoms with E-state index in [-0.39, 0.29) is 11.8 Å². The highest BCUT2D eigenvalue weighted by Crippen LogP contribution is 2.12. The van der Waals surface area contributed by atoms with Gasteiger partial charge < -0.3 is 15.0 Å². The van der Waals surface area contributed by atoms with Crippen molar-refractivity contribution in [3.05, 3.63) is 0 Å². The first-order chi connectivity index (χ1) is 9.27. The summed E-state index contributed by atoms with van der Waals surface area (Å²) >= 11 is 0. The molecule has 0 unspecified atom stereocenters. The van der Waals surface area contributed by atoms with Gasteiger partial charge in [0.05, 0.1) is 19.8 Å². The summed E-state index contributed by atoms with van der Waals surface area (Å²) in [4.78, 5) is 13.6. The summed E-state index contributed by atoms with van der Waals surface area (Å²) in [6, 6.07) is 0. The lowest BCUT2D eigenvalue weighted by Gasteiger charge is -2.23. The molecule has 1 amide bonds. The number of carbonyl (C=O) groups excluding carboxylic acids is 1. The van der Waals surface area contributed by atoms with Crippen LogP contribution in [0.5, 0.6) is 0 Å². The van der Waals surface area contributed by atoms with Gasteiger partial charge in [0, 0.05) is 18.9 Å². The topological polar surface area (TPSA) is 42.8 Å². The van der Waals surface area contributed by atoms with E-state index in [9.17, 15) is 4.79 Å². The van der Waals surface area contributed by atoms with Crippen molar-refractivity contribution in [2.75, 3.05) is 39.4 Å². The fourth-order valence-electron chi connectivity index (χ4n) is 2.58. The van der Waals surface area contributed by atoms with Crippen LogP contribution in [0.1, 0.15) is 46.0 Å². The molecule has 0 aliphatic carbocycles. The smallest absolute Gasteiger partial charge is 0.223 e. The molecule has 0 aromatic rings. The van der Waals surface area contributed by atoms with Crippen LogP contribution < -0.4 is 10.2 Å². The molecule has 0 saturated carbocycles. The third-order valence-corrected chi connectivity index (χ3v) is 3.98. The molecule has 0 radical (unpaired) electrons. The Kier molecular flexibility index (Phi) is 8.84. The summed E-state index contributed by atoms with van der Waals surface area (Å²) in [7, 11) is 0. The Morgan fingerprint density at radius 1 is 1.26 bits per heavy atom. The summed E-state index contributed by atoms with van der Waals surface area (Å²) in [6.07, 6.45) is 5.40. The molecule has 19 heavy (non-hydrogen) atoms. The van der Waals surface area contributed by atoms with E-state index in [0.29, 0.717) is 0 Å². The van der Waals surface area contributed by atoms with Gasteiger partial charge in [0.15, 0.2) is 0 Å². The summed E-state index contributed by atoms with van der Waals surface area (Å²) in [5.74, 6) is 0.476. The Labute approximate surface area is 117 Å². The van der Waals surface area contributed by atoms with Crippen molar-refractivity contribution in [2.24, 2.45) is 5.92 Å². The molecular weight excluding hydrogens is 240 g/mol. The zero-order valence-electron chi connectivity index (χ0n) is 12.7. The Morgan fingerprint density at radius 3 is 2.63 bits per heavy atom. The zero-order chi connectivity index (χ0) is 13.9. The van der Waals surface area contributed by atoms with E-state index in [1.807, 2.05) is 0 Å². The van der Waals surface area contributed by atoms with E-state index in [1.54, 1.807) is 4.90 Å². The highest BCUT2D eigenvalue weighted by molar-refractivity contribution is 5.78. The largest absolute Gasteiger partial charge is 0.370 e. The lowest BCUT2D eigenvalue weighted by molar-refractivity contribution is -0.908. The number of morpholine rings is 1. The van der Waals surface area contributed by atoms with Gasteiger partial charge in [0.25, 0.3) is 0 Å². The maximum absolute atomic E-state index is 12.0. The lowest BCUT2D eigenvalue weighted by atomic mass is 9.98. The van der Waals surface area contributed by atoms with Gasteiger partial charge >= 0.3 is 0 Å². The molecule has 1 rings (SSSR count). The van der Waals surface area contributed by atoms with Crippen LogP contribution in [-0.2, 0) is 9.53 Å². The monoisotopic (exact) mass is 271 g/mol. The molecule has 0 spiro atoms. The van der Waals surface area contributed by atoms with Gasteiger partial charge in [-0.25, -0.2) is 0 Å². The number of quaternary nitrogens is 1. The average Bonchev–Trinajstić information content (AvgIpc) is 2.45. The van der Waals surface area contributed by atoms with Crippen LogP contribution >= 0.6 is 0 Å². The number of unbranched alkanes of at least 4 members (excludes halogenated alkanes) is 1. The summed E-state index contributed by atoms with van der Waals surface area (Å²) in [5.41, 5.74) is 0. The SMILES string of the molecule is CCCC[C@H](CC)C(=O)NCCC[NH+]1CCOCC1. The predicted molar refractivity (Wildman–Crippen MR) is 77.3 cm³/mol. The van der Waals surface area contributed by atoms with Crippen molar-refractivity contribution in [3.8, 4) is 0 Å². The van der Waals surface area contributed by atoms with Gasteiger partial charge in [-0.3, -0.25) is 4.79 Å². The third-order valence-electron chi connectivity index (χ3n) is 3.98. The highest BCUT2D eigenvalue weighted by atomic mass is 16.5. The van der Waals surface area contributed by atoms with Crippen LogP contribution in [-0.4, -0.2) is 45.3 Å². The number of nitrogens with one attached hydrogen (secondary N) is 2. The minimum absolute atomic E-state index is 0.218. The highest BCUT2D eigenvalue weighted by Gasteiger charge is 2.16. The number of amides is 1. The number of hydrogen-bond acceptors (Lipinski definition) is 2. The average molecular weight is 271 g/mol. The third kappa shape index (κ3) is 6.92. The fraction of sp³-hybridized carbons (Fsp3) is 0.933. The molecular formula is C15H31N2O2+. The van der Waals surface area contributed by atoms with Crippen LogP contribution in [0.4, 0.5) is 0 Å². The number of carbonyl (C=O) groups is 1.